The third kappa shape index (κ3) is 3.14. The predicted molar refractivity (Wildman–Crippen MR) is 80.3 cm³/mol. The first-order valence-electron chi connectivity index (χ1n) is 6.62. The van der Waals surface area contributed by atoms with Crippen LogP contribution in [0, 0.1) is 11.8 Å². The topological polar surface area (TPSA) is 33.1 Å². The van der Waals surface area contributed by atoms with E-state index in [9.17, 15) is 5.11 Å². The Morgan fingerprint density at radius 2 is 2.11 bits per heavy atom. The number of pyridine rings is 1. The lowest BCUT2D eigenvalue weighted by atomic mass is 9.74. The van der Waals surface area contributed by atoms with Crippen LogP contribution in [0.4, 0.5) is 0 Å². The molecule has 1 heterocycles. The predicted octanol–water partition coefficient (Wildman–Crippen LogP) is 4.86. The van der Waals surface area contributed by atoms with Crippen molar-refractivity contribution in [2.75, 3.05) is 0 Å². The van der Waals surface area contributed by atoms with Crippen molar-refractivity contribution in [3.05, 3.63) is 26.9 Å². The van der Waals surface area contributed by atoms with E-state index < -0.39 is 6.10 Å². The van der Waals surface area contributed by atoms with Gasteiger partial charge < -0.3 is 5.11 Å². The van der Waals surface area contributed by atoms with E-state index in [0.717, 1.165) is 27.5 Å². The fourth-order valence-electron chi connectivity index (χ4n) is 3.00. The summed E-state index contributed by atoms with van der Waals surface area (Å²) >= 11 is 6.90. The summed E-state index contributed by atoms with van der Waals surface area (Å²) in [4.78, 5) is 4.38. The van der Waals surface area contributed by atoms with Crippen LogP contribution >= 0.6 is 31.9 Å². The van der Waals surface area contributed by atoms with E-state index in [1.165, 1.54) is 19.3 Å². The van der Waals surface area contributed by atoms with Crippen LogP contribution in [0.3, 0.4) is 0 Å². The lowest BCUT2D eigenvalue weighted by Gasteiger charge is -2.34. The Morgan fingerprint density at radius 3 is 2.78 bits per heavy atom. The van der Waals surface area contributed by atoms with E-state index >= 15 is 0 Å². The fourth-order valence-corrected chi connectivity index (χ4v) is 4.23. The number of aliphatic hydroxyl groups is 1. The van der Waals surface area contributed by atoms with Gasteiger partial charge in [0.15, 0.2) is 0 Å². The van der Waals surface area contributed by atoms with Gasteiger partial charge in [-0.3, -0.25) is 4.98 Å². The number of aromatic nitrogens is 1. The molecule has 1 saturated carbocycles. The number of nitrogens with zero attached hydrogens (tertiary/aromatic N) is 1. The molecule has 4 heteroatoms. The Kier molecular flexibility index (Phi) is 5.22. The van der Waals surface area contributed by atoms with Gasteiger partial charge in [-0.15, -0.1) is 0 Å². The highest BCUT2D eigenvalue weighted by atomic mass is 79.9. The normalized spacial score (nSPS) is 26.0. The molecule has 0 aliphatic heterocycles. The van der Waals surface area contributed by atoms with Gasteiger partial charge in [-0.05, 0) is 56.2 Å². The molecular formula is C14H19Br2NO. The van der Waals surface area contributed by atoms with Crippen molar-refractivity contribution in [2.24, 2.45) is 11.8 Å². The second-order valence-corrected chi connectivity index (χ2v) is 6.85. The molecule has 0 radical (unpaired) electrons. The Morgan fingerprint density at radius 1 is 1.39 bits per heavy atom. The number of hydrogen-bond acceptors (Lipinski definition) is 2. The molecule has 1 aliphatic carbocycles. The Labute approximate surface area is 125 Å². The molecule has 1 fully saturated rings. The summed E-state index contributed by atoms with van der Waals surface area (Å²) in [5, 5.41) is 10.6. The number of halogens is 2. The van der Waals surface area contributed by atoms with Crippen molar-refractivity contribution in [3.63, 3.8) is 0 Å². The molecule has 0 amide bonds. The Bertz CT molecular complexity index is 411. The highest BCUT2D eigenvalue weighted by Gasteiger charge is 2.32. The lowest BCUT2D eigenvalue weighted by Crippen LogP contribution is -2.26. The fraction of sp³-hybridized carbons (Fsp3) is 0.643. The van der Waals surface area contributed by atoms with E-state index in [0.29, 0.717) is 11.8 Å². The minimum Gasteiger partial charge on any atom is -0.386 e. The van der Waals surface area contributed by atoms with Crippen molar-refractivity contribution < 1.29 is 5.11 Å². The largest absolute Gasteiger partial charge is 0.386 e. The molecule has 1 aromatic rings. The SMILES string of the molecule is CCC1CCCCC1C(O)c1ncc(Br)cc1Br. The van der Waals surface area contributed by atoms with Crippen molar-refractivity contribution in [2.45, 2.75) is 45.1 Å². The maximum atomic E-state index is 10.6. The molecule has 18 heavy (non-hydrogen) atoms. The standard InChI is InChI=1S/C14H19Br2NO/c1-2-9-5-3-4-6-11(9)14(18)13-12(16)7-10(15)8-17-13/h7-9,11,14,18H,2-6H2,1H3. The van der Waals surface area contributed by atoms with Crippen molar-refractivity contribution >= 4 is 31.9 Å². The molecule has 1 N–H and O–H groups in total. The van der Waals surface area contributed by atoms with Crippen LogP contribution in [-0.4, -0.2) is 10.1 Å². The molecule has 0 spiro atoms. The van der Waals surface area contributed by atoms with Gasteiger partial charge in [-0.25, -0.2) is 0 Å². The molecule has 0 bridgehead atoms. The molecule has 3 atom stereocenters. The average molecular weight is 377 g/mol. The summed E-state index contributed by atoms with van der Waals surface area (Å²) in [6.45, 7) is 2.22. The summed E-state index contributed by atoms with van der Waals surface area (Å²) in [5.74, 6) is 0.986. The lowest BCUT2D eigenvalue weighted by molar-refractivity contribution is 0.0416. The smallest absolute Gasteiger partial charge is 0.100 e. The third-order valence-corrected chi connectivity index (χ3v) is 5.08. The first kappa shape index (κ1) is 14.5. The quantitative estimate of drug-likeness (QED) is 0.817. The van der Waals surface area contributed by atoms with Crippen LogP contribution in [0.5, 0.6) is 0 Å². The molecule has 2 rings (SSSR count). The van der Waals surface area contributed by atoms with Gasteiger partial charge in [0.25, 0.3) is 0 Å². The van der Waals surface area contributed by atoms with Crippen LogP contribution in [0.25, 0.3) is 0 Å². The van der Waals surface area contributed by atoms with Gasteiger partial charge in [0, 0.05) is 15.1 Å². The van der Waals surface area contributed by atoms with Crippen LogP contribution in [0.1, 0.15) is 50.8 Å². The van der Waals surface area contributed by atoms with Gasteiger partial charge in [0.2, 0.25) is 0 Å². The highest BCUT2D eigenvalue weighted by Crippen LogP contribution is 2.41. The summed E-state index contributed by atoms with van der Waals surface area (Å²) < 4.78 is 1.82. The zero-order chi connectivity index (χ0) is 13.1. The zero-order valence-electron chi connectivity index (χ0n) is 10.6. The van der Waals surface area contributed by atoms with Gasteiger partial charge in [-0.1, -0.05) is 32.6 Å². The van der Waals surface area contributed by atoms with Gasteiger partial charge >= 0.3 is 0 Å². The van der Waals surface area contributed by atoms with E-state index in [-0.39, 0.29) is 0 Å². The second kappa shape index (κ2) is 6.49. The summed E-state index contributed by atoms with van der Waals surface area (Å²) in [6, 6.07) is 1.95. The first-order chi connectivity index (χ1) is 8.63. The maximum Gasteiger partial charge on any atom is 0.100 e. The van der Waals surface area contributed by atoms with Crippen molar-refractivity contribution in [1.82, 2.24) is 4.98 Å². The van der Waals surface area contributed by atoms with Gasteiger partial charge in [0.1, 0.15) is 6.10 Å². The van der Waals surface area contributed by atoms with Crippen LogP contribution in [0.2, 0.25) is 0 Å². The molecule has 0 saturated heterocycles. The molecule has 2 nitrogen and oxygen atoms in total. The van der Waals surface area contributed by atoms with Crippen LogP contribution < -0.4 is 0 Å². The van der Waals surface area contributed by atoms with E-state index in [1.54, 1.807) is 6.20 Å². The van der Waals surface area contributed by atoms with Crippen molar-refractivity contribution in [3.8, 4) is 0 Å². The monoisotopic (exact) mass is 375 g/mol. The summed E-state index contributed by atoms with van der Waals surface area (Å²) in [7, 11) is 0. The number of hydrogen-bond donors (Lipinski definition) is 1. The first-order valence-corrected chi connectivity index (χ1v) is 8.21. The molecule has 100 valence electrons. The molecule has 3 unspecified atom stereocenters. The second-order valence-electron chi connectivity index (χ2n) is 5.08. The molecule has 1 aliphatic rings. The maximum absolute atomic E-state index is 10.6. The average Bonchev–Trinajstić information content (AvgIpc) is 2.38. The Hall–Kier alpha value is 0.0700. The summed E-state index contributed by atoms with van der Waals surface area (Å²) in [6.07, 6.45) is 7.35. The van der Waals surface area contributed by atoms with Crippen molar-refractivity contribution in [1.29, 1.82) is 0 Å². The van der Waals surface area contributed by atoms with Crippen LogP contribution in [0.15, 0.2) is 21.2 Å². The van der Waals surface area contributed by atoms with E-state index in [4.69, 9.17) is 0 Å². The molecular weight excluding hydrogens is 358 g/mol. The summed E-state index contributed by atoms with van der Waals surface area (Å²) in [5.41, 5.74) is 0.781. The minimum atomic E-state index is -0.447. The highest BCUT2D eigenvalue weighted by molar-refractivity contribution is 9.11. The van der Waals surface area contributed by atoms with Gasteiger partial charge in [-0.2, -0.15) is 0 Å². The van der Waals surface area contributed by atoms with Crippen LogP contribution in [-0.2, 0) is 0 Å². The van der Waals surface area contributed by atoms with Gasteiger partial charge in [0.05, 0.1) is 5.69 Å². The Balaban J connectivity index is 2.20. The number of aliphatic hydroxyl groups excluding tert-OH is 1. The number of rotatable bonds is 3. The van der Waals surface area contributed by atoms with E-state index in [2.05, 4.69) is 43.8 Å². The van der Waals surface area contributed by atoms with E-state index in [1.807, 2.05) is 6.07 Å². The molecule has 0 aromatic carbocycles. The molecule has 1 aromatic heterocycles. The third-order valence-electron chi connectivity index (χ3n) is 4.01. The minimum absolute atomic E-state index is 0.355. The zero-order valence-corrected chi connectivity index (χ0v) is 13.7.